The van der Waals surface area contributed by atoms with Gasteiger partial charge in [-0.25, -0.2) is 4.79 Å². The minimum atomic E-state index is -1.13. The molecule has 0 bridgehead atoms. The Morgan fingerprint density at radius 2 is 2.44 bits per heavy atom. The van der Waals surface area contributed by atoms with Crippen LogP contribution in [0.5, 0.6) is 0 Å². The molecule has 0 unspecified atom stereocenters. The Kier molecular flexibility index (Phi) is 3.78. The highest BCUT2D eigenvalue weighted by Crippen LogP contribution is 1.86. The van der Waals surface area contributed by atoms with E-state index in [9.17, 15) is 9.70 Å². The van der Waals surface area contributed by atoms with Crippen molar-refractivity contribution < 1.29 is 9.90 Å². The summed E-state index contributed by atoms with van der Waals surface area (Å²) in [5.41, 5.74) is 1.83. The fourth-order valence-electron chi connectivity index (χ4n) is 0.238. The van der Waals surface area contributed by atoms with E-state index in [0.717, 1.165) is 0 Å². The van der Waals surface area contributed by atoms with E-state index in [-0.39, 0.29) is 5.75 Å². The van der Waals surface area contributed by atoms with Crippen LogP contribution in [0.3, 0.4) is 0 Å². The average Bonchev–Trinajstić information content (AvgIpc) is 1.82. The van der Waals surface area contributed by atoms with Crippen LogP contribution in [0, 0.1) is 4.91 Å². The molecule has 0 aromatic heterocycles. The van der Waals surface area contributed by atoms with Crippen LogP contribution in [0.1, 0.15) is 0 Å². The first-order valence-corrected chi connectivity index (χ1v) is 2.77. The van der Waals surface area contributed by atoms with Crippen LogP contribution in [0.25, 0.3) is 0 Å². The summed E-state index contributed by atoms with van der Waals surface area (Å²) in [6.07, 6.45) is 0. The Labute approximate surface area is 56.8 Å². The predicted octanol–water partition coefficient (Wildman–Crippen LogP) is -0.360. The molecule has 0 aliphatic rings. The zero-order chi connectivity index (χ0) is 7.28. The van der Waals surface area contributed by atoms with Crippen LogP contribution in [-0.2, 0) is 4.79 Å². The lowest BCUT2D eigenvalue weighted by molar-refractivity contribution is -0.138. The van der Waals surface area contributed by atoms with Gasteiger partial charge in [0.1, 0.15) is 0 Å². The molecular weight excluding hydrogens is 144 g/mol. The van der Waals surface area contributed by atoms with Crippen molar-refractivity contribution >= 4 is 18.6 Å². The van der Waals surface area contributed by atoms with E-state index in [1.807, 2.05) is 5.43 Å². The zero-order valence-corrected chi connectivity index (χ0v) is 5.34. The number of carboxylic acids is 1. The summed E-state index contributed by atoms with van der Waals surface area (Å²) in [5.74, 6) is -1.09. The van der Waals surface area contributed by atoms with Crippen LogP contribution in [0.15, 0.2) is 5.29 Å². The Morgan fingerprint density at radius 1 is 1.89 bits per heavy atom. The minimum absolute atomic E-state index is 0.0427. The lowest BCUT2D eigenvalue weighted by atomic mass is 10.4. The van der Waals surface area contributed by atoms with Crippen LogP contribution in [0.4, 0.5) is 0 Å². The summed E-state index contributed by atoms with van der Waals surface area (Å²) >= 11 is 3.65. The molecule has 0 saturated carbocycles. The van der Waals surface area contributed by atoms with Gasteiger partial charge in [-0.2, -0.15) is 12.6 Å². The van der Waals surface area contributed by atoms with Gasteiger partial charge in [0.2, 0.25) is 0 Å². The van der Waals surface area contributed by atoms with Crippen LogP contribution in [0.2, 0.25) is 0 Å². The van der Waals surface area contributed by atoms with Crippen LogP contribution >= 0.6 is 12.6 Å². The number of hydrogen-bond acceptors (Lipinski definition) is 4. The quantitative estimate of drug-likeness (QED) is 0.290. The average molecular weight is 150 g/mol. The molecule has 0 aromatic carbocycles. The normalized spacial score (nSPS) is 12.1. The van der Waals surface area contributed by atoms with Crippen molar-refractivity contribution in [3.05, 3.63) is 4.91 Å². The van der Waals surface area contributed by atoms with Gasteiger partial charge in [-0.3, -0.25) is 5.43 Å². The molecule has 1 atom stereocenters. The lowest BCUT2D eigenvalue weighted by Gasteiger charge is -2.03. The van der Waals surface area contributed by atoms with E-state index in [2.05, 4.69) is 17.9 Å². The molecule has 6 heteroatoms. The van der Waals surface area contributed by atoms with Gasteiger partial charge < -0.3 is 5.11 Å². The van der Waals surface area contributed by atoms with E-state index in [1.165, 1.54) is 0 Å². The summed E-state index contributed by atoms with van der Waals surface area (Å²) < 4.78 is 0. The highest BCUT2D eigenvalue weighted by Gasteiger charge is 2.13. The van der Waals surface area contributed by atoms with E-state index < -0.39 is 12.0 Å². The van der Waals surface area contributed by atoms with Crippen molar-refractivity contribution in [3.8, 4) is 0 Å². The topological polar surface area (TPSA) is 78.8 Å². The van der Waals surface area contributed by atoms with E-state index in [0.29, 0.717) is 0 Å². The maximum atomic E-state index is 10.0. The smallest absolute Gasteiger partial charge is 0.328 e. The molecule has 9 heavy (non-hydrogen) atoms. The van der Waals surface area contributed by atoms with Crippen LogP contribution in [-0.4, -0.2) is 22.9 Å². The molecule has 0 radical (unpaired) electrons. The van der Waals surface area contributed by atoms with Crippen molar-refractivity contribution in [2.45, 2.75) is 6.04 Å². The van der Waals surface area contributed by atoms with Gasteiger partial charge in [-0.1, -0.05) is 0 Å². The van der Waals surface area contributed by atoms with E-state index >= 15 is 0 Å². The summed E-state index contributed by atoms with van der Waals surface area (Å²) in [5, 5.41) is 10.4. The van der Waals surface area contributed by atoms with Gasteiger partial charge in [-0.15, -0.1) is 4.91 Å². The highest BCUT2D eigenvalue weighted by atomic mass is 32.1. The van der Waals surface area contributed by atoms with Crippen molar-refractivity contribution in [2.75, 3.05) is 5.75 Å². The number of carbonyl (C=O) groups is 1. The second kappa shape index (κ2) is 4.13. The number of carboxylic acid groups (broad SMARTS) is 1. The number of thiol groups is 1. The molecule has 2 N–H and O–H groups in total. The zero-order valence-electron chi connectivity index (χ0n) is 4.44. The third kappa shape index (κ3) is 2.91. The number of aliphatic carboxylic acids is 1. The number of nitrogens with one attached hydrogen (secondary N) is 1. The molecule has 0 amide bonds. The highest BCUT2D eigenvalue weighted by molar-refractivity contribution is 7.80. The Hall–Kier alpha value is -0.780. The summed E-state index contributed by atoms with van der Waals surface area (Å²) in [6, 6.07) is -0.981. The Morgan fingerprint density at radius 3 is 2.56 bits per heavy atom. The maximum absolute atomic E-state index is 10.0. The first-order chi connectivity index (χ1) is 4.22. The number of nitroso groups, excluding NO2 is 1. The molecule has 0 aliphatic heterocycles. The van der Waals surface area contributed by atoms with E-state index in [4.69, 9.17) is 5.11 Å². The Bertz CT molecular complexity index is 118. The first-order valence-electron chi connectivity index (χ1n) is 2.14. The minimum Gasteiger partial charge on any atom is -0.480 e. The van der Waals surface area contributed by atoms with Crippen molar-refractivity contribution in [3.63, 3.8) is 0 Å². The number of hydrogen-bond donors (Lipinski definition) is 3. The largest absolute Gasteiger partial charge is 0.480 e. The van der Waals surface area contributed by atoms with Gasteiger partial charge in [-0.05, 0) is 0 Å². The molecular formula is C3H6N2O3S. The maximum Gasteiger partial charge on any atom is 0.328 e. The number of nitrogens with zero attached hydrogens (tertiary/aromatic N) is 1. The molecule has 0 fully saturated rings. The number of rotatable bonds is 4. The molecule has 0 aliphatic carbocycles. The monoisotopic (exact) mass is 150 g/mol. The van der Waals surface area contributed by atoms with Gasteiger partial charge in [0.05, 0.1) is 5.29 Å². The van der Waals surface area contributed by atoms with Gasteiger partial charge >= 0.3 is 5.97 Å². The molecule has 0 spiro atoms. The molecule has 0 heterocycles. The van der Waals surface area contributed by atoms with Crippen molar-refractivity contribution in [1.82, 2.24) is 5.43 Å². The summed E-state index contributed by atoms with van der Waals surface area (Å²) in [4.78, 5) is 19.4. The molecule has 5 nitrogen and oxygen atoms in total. The molecule has 0 aromatic rings. The van der Waals surface area contributed by atoms with Crippen LogP contribution < -0.4 is 5.43 Å². The third-order valence-electron chi connectivity index (χ3n) is 0.689. The van der Waals surface area contributed by atoms with Crippen molar-refractivity contribution in [1.29, 1.82) is 0 Å². The standard InChI is InChI=1S/C3H6N2O3S/c6-3(7)2(1-9)4-5-8/h2,9H,1H2,(H,4,8)(H,6,7)/t2-/m1/s1. The molecule has 52 valence electrons. The second-order valence-electron chi connectivity index (χ2n) is 1.29. The van der Waals surface area contributed by atoms with E-state index in [1.54, 1.807) is 0 Å². The summed E-state index contributed by atoms with van der Waals surface area (Å²) in [6.45, 7) is 0. The predicted molar refractivity (Wildman–Crippen MR) is 34.2 cm³/mol. The third-order valence-corrected chi connectivity index (χ3v) is 1.05. The summed E-state index contributed by atoms with van der Waals surface area (Å²) in [7, 11) is 0. The fourth-order valence-corrected chi connectivity index (χ4v) is 0.476. The van der Waals surface area contributed by atoms with Gasteiger partial charge in [0.15, 0.2) is 6.04 Å². The molecule has 0 rings (SSSR count). The van der Waals surface area contributed by atoms with Gasteiger partial charge in [0.25, 0.3) is 0 Å². The SMILES string of the molecule is O=NN[C@H](CS)C(=O)O. The molecule has 0 saturated heterocycles. The van der Waals surface area contributed by atoms with Gasteiger partial charge in [0, 0.05) is 5.75 Å². The lowest BCUT2D eigenvalue weighted by Crippen LogP contribution is -2.34. The fraction of sp³-hybridized carbons (Fsp3) is 0.667. The van der Waals surface area contributed by atoms with Crippen molar-refractivity contribution in [2.24, 2.45) is 5.29 Å². The first kappa shape index (κ1) is 8.22. The Balaban J connectivity index is 3.67. The second-order valence-corrected chi connectivity index (χ2v) is 1.66.